The Kier molecular flexibility index (Phi) is 5.63. The fourth-order valence-electron chi connectivity index (χ4n) is 4.05. The molecular formula is C21H28N6O3. The molecule has 1 saturated heterocycles. The van der Waals surface area contributed by atoms with Crippen LogP contribution in [-0.2, 0) is 19.6 Å². The van der Waals surface area contributed by atoms with Crippen molar-refractivity contribution in [3.05, 3.63) is 50.7 Å². The lowest BCUT2D eigenvalue weighted by Crippen LogP contribution is -2.40. The highest BCUT2D eigenvalue weighted by atomic mass is 16.3. The van der Waals surface area contributed by atoms with Crippen molar-refractivity contribution < 1.29 is 5.11 Å². The van der Waals surface area contributed by atoms with E-state index in [2.05, 4.69) is 10.6 Å². The second kappa shape index (κ2) is 8.35. The Labute approximate surface area is 174 Å². The molecule has 1 aliphatic rings. The van der Waals surface area contributed by atoms with Gasteiger partial charge in [-0.25, -0.2) is 4.79 Å². The summed E-state index contributed by atoms with van der Waals surface area (Å²) >= 11 is 0. The number of hydrogen-bond acceptors (Lipinski definition) is 6. The smallest absolute Gasteiger partial charge is 0.332 e. The summed E-state index contributed by atoms with van der Waals surface area (Å²) in [5.74, 6) is 0.785. The van der Waals surface area contributed by atoms with Gasteiger partial charge in [0, 0.05) is 19.1 Å². The minimum Gasteiger partial charge on any atom is -0.508 e. The molecule has 0 unspecified atom stereocenters. The average Bonchev–Trinajstić information content (AvgIpc) is 3.09. The number of aromatic nitrogens is 4. The lowest BCUT2D eigenvalue weighted by atomic mass is 10.1. The van der Waals surface area contributed by atoms with Gasteiger partial charge < -0.3 is 15.7 Å². The number of piperidine rings is 1. The number of anilines is 1. The highest BCUT2D eigenvalue weighted by molar-refractivity contribution is 5.74. The summed E-state index contributed by atoms with van der Waals surface area (Å²) in [6.07, 6.45) is 1.92. The number of phenolic OH excluding ortho intramolecular Hbond substituents is 1. The number of phenols is 1. The van der Waals surface area contributed by atoms with Crippen LogP contribution in [0.25, 0.3) is 11.2 Å². The van der Waals surface area contributed by atoms with E-state index in [9.17, 15) is 14.7 Å². The molecular weight excluding hydrogens is 384 g/mol. The van der Waals surface area contributed by atoms with E-state index in [1.54, 1.807) is 23.6 Å². The van der Waals surface area contributed by atoms with Crippen molar-refractivity contribution in [2.45, 2.75) is 52.4 Å². The van der Waals surface area contributed by atoms with Crippen molar-refractivity contribution in [3.63, 3.8) is 0 Å². The monoisotopic (exact) mass is 412 g/mol. The third kappa shape index (κ3) is 3.60. The van der Waals surface area contributed by atoms with Crippen LogP contribution in [0.2, 0.25) is 0 Å². The lowest BCUT2D eigenvalue weighted by molar-refractivity contribution is 0.474. The van der Waals surface area contributed by atoms with Crippen LogP contribution >= 0.6 is 0 Å². The van der Waals surface area contributed by atoms with Gasteiger partial charge in [-0.3, -0.25) is 18.5 Å². The van der Waals surface area contributed by atoms with E-state index in [0.29, 0.717) is 36.7 Å². The predicted octanol–water partition coefficient (Wildman–Crippen LogP) is 1.32. The predicted molar refractivity (Wildman–Crippen MR) is 116 cm³/mol. The summed E-state index contributed by atoms with van der Waals surface area (Å²) < 4.78 is 4.68. The van der Waals surface area contributed by atoms with E-state index < -0.39 is 0 Å². The fourth-order valence-corrected chi connectivity index (χ4v) is 4.05. The maximum Gasteiger partial charge on any atom is 0.332 e. The number of nitrogens with zero attached hydrogens (tertiary/aromatic N) is 4. The van der Waals surface area contributed by atoms with Gasteiger partial charge in [0.05, 0.1) is 6.54 Å². The van der Waals surface area contributed by atoms with E-state index in [0.717, 1.165) is 31.5 Å². The molecule has 4 rings (SSSR count). The van der Waals surface area contributed by atoms with Crippen molar-refractivity contribution >= 4 is 17.1 Å². The molecule has 9 nitrogen and oxygen atoms in total. The van der Waals surface area contributed by atoms with E-state index in [-0.39, 0.29) is 23.0 Å². The zero-order valence-electron chi connectivity index (χ0n) is 17.4. The molecule has 1 aromatic carbocycles. The van der Waals surface area contributed by atoms with Gasteiger partial charge in [-0.1, -0.05) is 12.1 Å². The number of benzene rings is 1. The largest absolute Gasteiger partial charge is 0.508 e. The Balaban J connectivity index is 1.91. The molecule has 3 heterocycles. The van der Waals surface area contributed by atoms with E-state index in [4.69, 9.17) is 4.98 Å². The van der Waals surface area contributed by atoms with Gasteiger partial charge in [0.1, 0.15) is 5.75 Å². The Morgan fingerprint density at radius 2 is 1.73 bits per heavy atom. The number of aromatic hydroxyl groups is 1. The van der Waals surface area contributed by atoms with Crippen LogP contribution in [0.5, 0.6) is 5.75 Å². The van der Waals surface area contributed by atoms with E-state index in [1.807, 2.05) is 23.6 Å². The highest BCUT2D eigenvalue weighted by Crippen LogP contribution is 2.21. The Morgan fingerprint density at radius 1 is 1.07 bits per heavy atom. The summed E-state index contributed by atoms with van der Waals surface area (Å²) in [5.41, 5.74) is 1.10. The Morgan fingerprint density at radius 3 is 2.37 bits per heavy atom. The van der Waals surface area contributed by atoms with Crippen molar-refractivity contribution in [1.29, 1.82) is 0 Å². The fraction of sp³-hybridized carbons (Fsp3) is 0.476. The van der Waals surface area contributed by atoms with Gasteiger partial charge in [0.2, 0.25) is 5.95 Å². The number of imidazole rings is 1. The molecule has 0 spiro atoms. The van der Waals surface area contributed by atoms with Crippen molar-refractivity contribution in [2.24, 2.45) is 0 Å². The third-order valence-electron chi connectivity index (χ3n) is 5.70. The maximum absolute atomic E-state index is 13.2. The molecule has 0 saturated carbocycles. The molecule has 160 valence electrons. The van der Waals surface area contributed by atoms with Gasteiger partial charge >= 0.3 is 5.69 Å². The van der Waals surface area contributed by atoms with Crippen LogP contribution < -0.4 is 21.9 Å². The minimum atomic E-state index is -0.333. The van der Waals surface area contributed by atoms with Crippen molar-refractivity contribution in [3.8, 4) is 5.75 Å². The van der Waals surface area contributed by atoms with Crippen LogP contribution in [0.3, 0.4) is 0 Å². The summed E-state index contributed by atoms with van der Waals surface area (Å²) in [4.78, 5) is 30.7. The molecule has 1 fully saturated rings. The first kappa shape index (κ1) is 20.2. The van der Waals surface area contributed by atoms with Gasteiger partial charge in [-0.15, -0.1) is 0 Å². The minimum absolute atomic E-state index is 0.190. The molecule has 0 aliphatic carbocycles. The summed E-state index contributed by atoms with van der Waals surface area (Å²) in [6, 6.07) is 7.14. The van der Waals surface area contributed by atoms with Crippen molar-refractivity contribution in [1.82, 2.24) is 24.0 Å². The topological polar surface area (TPSA) is 106 Å². The van der Waals surface area contributed by atoms with Crippen molar-refractivity contribution in [2.75, 3.05) is 18.4 Å². The zero-order chi connectivity index (χ0) is 21.3. The summed E-state index contributed by atoms with van der Waals surface area (Å²) in [7, 11) is 0. The van der Waals surface area contributed by atoms with Gasteiger partial charge in [-0.05, 0) is 57.5 Å². The number of rotatable bonds is 6. The molecule has 3 aromatic rings. The van der Waals surface area contributed by atoms with Crippen LogP contribution in [-0.4, -0.2) is 42.9 Å². The number of hydrogen-bond donors (Lipinski definition) is 3. The Hall–Kier alpha value is -3.07. The molecule has 2 aromatic heterocycles. The van der Waals surface area contributed by atoms with E-state index in [1.165, 1.54) is 4.57 Å². The number of aryl methyl sites for hydroxylation is 1. The standard InChI is InChI=1S/C21H28N6O3/c1-3-25-18-17(19(29)26(4-2)21(25)30)27(13-14-5-7-16(28)8-6-14)20(24-18)23-15-9-11-22-12-10-15/h5-8,15,22,28H,3-4,9-13H2,1-2H3,(H,23,24). The third-order valence-corrected chi connectivity index (χ3v) is 5.70. The summed E-state index contributed by atoms with van der Waals surface area (Å²) in [5, 5.41) is 16.5. The quantitative estimate of drug-likeness (QED) is 0.564. The first-order valence-corrected chi connectivity index (χ1v) is 10.5. The van der Waals surface area contributed by atoms with Gasteiger partial charge in [0.15, 0.2) is 11.2 Å². The van der Waals surface area contributed by atoms with Gasteiger partial charge in [-0.2, -0.15) is 4.98 Å². The summed E-state index contributed by atoms with van der Waals surface area (Å²) in [6.45, 7) is 6.67. The molecule has 9 heteroatoms. The average molecular weight is 412 g/mol. The first-order chi connectivity index (χ1) is 14.5. The Bertz CT molecular complexity index is 1150. The first-order valence-electron chi connectivity index (χ1n) is 10.5. The molecule has 0 amide bonds. The molecule has 1 aliphatic heterocycles. The normalized spacial score (nSPS) is 15.0. The number of nitrogens with one attached hydrogen (secondary N) is 2. The number of fused-ring (bicyclic) bond motifs is 1. The zero-order valence-corrected chi connectivity index (χ0v) is 17.4. The molecule has 3 N–H and O–H groups in total. The van der Waals surface area contributed by atoms with E-state index >= 15 is 0 Å². The molecule has 0 bridgehead atoms. The van der Waals surface area contributed by atoms with Crippen LogP contribution in [0.4, 0.5) is 5.95 Å². The van der Waals surface area contributed by atoms with Gasteiger partial charge in [0.25, 0.3) is 5.56 Å². The lowest BCUT2D eigenvalue weighted by Gasteiger charge is -2.24. The van der Waals surface area contributed by atoms with Crippen LogP contribution in [0.1, 0.15) is 32.3 Å². The molecule has 30 heavy (non-hydrogen) atoms. The SMILES string of the molecule is CCn1c(=O)c2c(nc(NC3CCNCC3)n2Cc2ccc(O)cc2)n(CC)c1=O. The van der Waals surface area contributed by atoms with Crippen LogP contribution in [0, 0.1) is 0 Å². The second-order valence-electron chi connectivity index (χ2n) is 7.61. The maximum atomic E-state index is 13.2. The second-order valence-corrected chi connectivity index (χ2v) is 7.61. The van der Waals surface area contributed by atoms with Crippen LogP contribution in [0.15, 0.2) is 33.9 Å². The molecule has 0 radical (unpaired) electrons. The molecule has 0 atom stereocenters. The highest BCUT2D eigenvalue weighted by Gasteiger charge is 2.23.